The van der Waals surface area contributed by atoms with E-state index in [9.17, 15) is 19.0 Å². The summed E-state index contributed by atoms with van der Waals surface area (Å²) in [6, 6.07) is 0. The number of hydrogen-bond donors (Lipinski definition) is 2. The monoisotopic (exact) mass is 842 g/mol. The second-order valence-electron chi connectivity index (χ2n) is 14.2. The normalized spacial score (nSPS) is 14.3. The number of carbonyl (C=O) groups is 2. The molecule has 0 bridgehead atoms. The number of esters is 2. The van der Waals surface area contributed by atoms with Crippen LogP contribution in [-0.2, 0) is 32.7 Å². The van der Waals surface area contributed by atoms with Gasteiger partial charge >= 0.3 is 19.8 Å². The molecule has 0 aliphatic rings. The molecule has 9 nitrogen and oxygen atoms in total. The Kier molecular flexibility index (Phi) is 41.7. The van der Waals surface area contributed by atoms with Crippen molar-refractivity contribution in [3.63, 3.8) is 0 Å². The van der Waals surface area contributed by atoms with Gasteiger partial charge in [-0.15, -0.1) is 0 Å². The molecule has 0 saturated carbocycles. The van der Waals surface area contributed by atoms with Gasteiger partial charge in [0, 0.05) is 19.4 Å². The predicted octanol–water partition coefficient (Wildman–Crippen LogP) is 13.2. The molecule has 334 valence electrons. The van der Waals surface area contributed by atoms with Gasteiger partial charge in [-0.3, -0.25) is 18.6 Å². The number of phosphoric acid groups is 1. The Labute approximate surface area is 359 Å². The Morgan fingerprint density at radius 1 is 0.525 bits per heavy atom. The van der Waals surface area contributed by atoms with E-state index in [0.29, 0.717) is 12.8 Å². The molecule has 0 aliphatic carbocycles. The van der Waals surface area contributed by atoms with Crippen molar-refractivity contribution in [2.24, 2.45) is 5.73 Å². The van der Waals surface area contributed by atoms with E-state index in [4.69, 9.17) is 24.3 Å². The number of carbonyl (C=O) groups excluding carboxylic acids is 2. The van der Waals surface area contributed by atoms with E-state index in [1.165, 1.54) is 25.7 Å². The summed E-state index contributed by atoms with van der Waals surface area (Å²) in [5.74, 6) is -0.914. The lowest BCUT2D eigenvalue weighted by molar-refractivity contribution is -0.161. The smallest absolute Gasteiger partial charge is 0.462 e. The van der Waals surface area contributed by atoms with Gasteiger partial charge in [0.05, 0.1) is 13.2 Å². The first kappa shape index (κ1) is 55.7. The van der Waals surface area contributed by atoms with Crippen molar-refractivity contribution in [2.45, 2.75) is 161 Å². The zero-order valence-corrected chi connectivity index (χ0v) is 37.6. The fourth-order valence-corrected chi connectivity index (χ4v) is 6.11. The molecule has 10 heteroatoms. The topological polar surface area (TPSA) is 134 Å². The van der Waals surface area contributed by atoms with Crippen LogP contribution in [0.15, 0.2) is 109 Å². The van der Waals surface area contributed by atoms with Crippen LogP contribution in [0.5, 0.6) is 0 Å². The first-order chi connectivity index (χ1) is 28.8. The highest BCUT2D eigenvalue weighted by Crippen LogP contribution is 2.43. The second-order valence-corrected chi connectivity index (χ2v) is 15.6. The Morgan fingerprint density at radius 2 is 0.932 bits per heavy atom. The van der Waals surface area contributed by atoms with Crippen LogP contribution in [0.25, 0.3) is 0 Å². The maximum absolute atomic E-state index is 12.6. The van der Waals surface area contributed by atoms with Crippen LogP contribution >= 0.6 is 7.82 Å². The number of phosphoric ester groups is 1. The van der Waals surface area contributed by atoms with Crippen LogP contribution in [-0.4, -0.2) is 49.3 Å². The molecule has 0 amide bonds. The first-order valence-electron chi connectivity index (χ1n) is 22.4. The molecule has 1 unspecified atom stereocenters. The molecule has 0 heterocycles. The van der Waals surface area contributed by atoms with Gasteiger partial charge in [0.1, 0.15) is 6.61 Å². The van der Waals surface area contributed by atoms with Gasteiger partial charge in [0.15, 0.2) is 6.10 Å². The number of ether oxygens (including phenoxy) is 2. The third-order valence-electron chi connectivity index (χ3n) is 8.64. The van der Waals surface area contributed by atoms with Gasteiger partial charge in [-0.1, -0.05) is 149 Å². The van der Waals surface area contributed by atoms with Crippen molar-refractivity contribution in [1.82, 2.24) is 0 Å². The van der Waals surface area contributed by atoms with Gasteiger partial charge in [-0.05, 0) is 103 Å². The lowest BCUT2D eigenvalue weighted by Crippen LogP contribution is -2.29. The van der Waals surface area contributed by atoms with Gasteiger partial charge in [-0.2, -0.15) is 0 Å². The second kappa shape index (κ2) is 44.2. The molecule has 0 rings (SSSR count). The number of hydrogen-bond acceptors (Lipinski definition) is 8. The Hall–Kier alpha value is -3.33. The van der Waals surface area contributed by atoms with Crippen molar-refractivity contribution >= 4 is 19.8 Å². The highest BCUT2D eigenvalue weighted by molar-refractivity contribution is 7.47. The standard InChI is InChI=1S/C49H80NO8P/c1-3-5-7-9-11-13-15-17-19-21-23-25-27-29-31-33-35-37-39-41-48(51)55-45-47(46-57-59(53,54)56-44-43-50)58-49(52)42-40-38-36-34-32-30-28-26-24-22-20-18-16-14-12-10-8-6-4-2/h6,8,11-14,17-20,23-26,29-32,47H,3-5,7,9-10,15-16,21-22,27-28,33-46,50H2,1-2H3,(H,53,54)/b8-6+,13-11+,14-12+,19-17+,20-18+,25-23+,26-24+,31-29+,32-30+/t47-/m1/s1. The molecule has 0 aromatic carbocycles. The van der Waals surface area contributed by atoms with E-state index < -0.39 is 32.5 Å². The molecule has 0 radical (unpaired) electrons. The van der Waals surface area contributed by atoms with Crippen molar-refractivity contribution in [1.29, 1.82) is 0 Å². The molecule has 0 aromatic heterocycles. The van der Waals surface area contributed by atoms with Crippen molar-refractivity contribution in [3.8, 4) is 0 Å². The molecular weight excluding hydrogens is 762 g/mol. The number of unbranched alkanes of at least 4 members (excludes halogenated alkanes) is 9. The van der Waals surface area contributed by atoms with Crippen LogP contribution in [0.3, 0.4) is 0 Å². The quantitative estimate of drug-likeness (QED) is 0.0267. The Bertz CT molecular complexity index is 1330. The lowest BCUT2D eigenvalue weighted by atomic mass is 10.1. The van der Waals surface area contributed by atoms with Crippen LogP contribution < -0.4 is 5.73 Å². The van der Waals surface area contributed by atoms with Gasteiger partial charge in [0.25, 0.3) is 0 Å². The molecule has 59 heavy (non-hydrogen) atoms. The van der Waals surface area contributed by atoms with Gasteiger partial charge < -0.3 is 20.1 Å². The summed E-state index contributed by atoms with van der Waals surface area (Å²) in [4.78, 5) is 34.9. The highest BCUT2D eigenvalue weighted by Gasteiger charge is 2.25. The maximum atomic E-state index is 12.6. The number of allylic oxidation sites excluding steroid dienone is 18. The summed E-state index contributed by atoms with van der Waals surface area (Å²) in [6.07, 6.45) is 58.3. The van der Waals surface area contributed by atoms with E-state index in [-0.39, 0.29) is 32.6 Å². The van der Waals surface area contributed by atoms with E-state index in [1.807, 2.05) is 0 Å². The fourth-order valence-electron chi connectivity index (χ4n) is 5.35. The van der Waals surface area contributed by atoms with Crippen LogP contribution in [0, 0.1) is 0 Å². The molecule has 2 atom stereocenters. The minimum Gasteiger partial charge on any atom is -0.462 e. The first-order valence-corrected chi connectivity index (χ1v) is 23.9. The van der Waals surface area contributed by atoms with E-state index in [1.54, 1.807) is 0 Å². The summed E-state index contributed by atoms with van der Waals surface area (Å²) in [6.45, 7) is 3.49. The molecule has 0 aliphatic heterocycles. The molecule has 0 fully saturated rings. The van der Waals surface area contributed by atoms with Crippen LogP contribution in [0.1, 0.15) is 155 Å². The third kappa shape index (κ3) is 44.1. The van der Waals surface area contributed by atoms with E-state index >= 15 is 0 Å². The average molecular weight is 842 g/mol. The van der Waals surface area contributed by atoms with Crippen LogP contribution in [0.4, 0.5) is 0 Å². The van der Waals surface area contributed by atoms with Crippen molar-refractivity contribution < 1.29 is 37.6 Å². The number of rotatable bonds is 40. The Balaban J connectivity index is 4.30. The number of nitrogens with two attached hydrogens (primary N) is 1. The van der Waals surface area contributed by atoms with E-state index in [2.05, 4.69) is 123 Å². The zero-order chi connectivity index (χ0) is 43.2. The molecule has 0 aromatic rings. The van der Waals surface area contributed by atoms with Crippen molar-refractivity contribution in [3.05, 3.63) is 109 Å². The molecule has 0 saturated heterocycles. The minimum absolute atomic E-state index is 0.0363. The summed E-state index contributed by atoms with van der Waals surface area (Å²) in [5.41, 5.74) is 5.35. The largest absolute Gasteiger partial charge is 0.472 e. The van der Waals surface area contributed by atoms with Crippen molar-refractivity contribution in [2.75, 3.05) is 26.4 Å². The summed E-state index contributed by atoms with van der Waals surface area (Å²) in [7, 11) is -4.40. The average Bonchev–Trinajstić information content (AvgIpc) is 3.22. The lowest BCUT2D eigenvalue weighted by Gasteiger charge is -2.19. The van der Waals surface area contributed by atoms with E-state index in [0.717, 1.165) is 89.9 Å². The third-order valence-corrected chi connectivity index (χ3v) is 9.63. The summed E-state index contributed by atoms with van der Waals surface area (Å²) in [5, 5.41) is 0. The molecule has 3 N–H and O–H groups in total. The Morgan fingerprint density at radius 3 is 1.36 bits per heavy atom. The predicted molar refractivity (Wildman–Crippen MR) is 247 cm³/mol. The zero-order valence-electron chi connectivity index (χ0n) is 36.7. The minimum atomic E-state index is -4.40. The molecular formula is C49H80NO8P. The summed E-state index contributed by atoms with van der Waals surface area (Å²) < 4.78 is 32.7. The van der Waals surface area contributed by atoms with Gasteiger partial charge in [-0.25, -0.2) is 4.57 Å². The summed E-state index contributed by atoms with van der Waals surface area (Å²) >= 11 is 0. The van der Waals surface area contributed by atoms with Gasteiger partial charge in [0.2, 0.25) is 0 Å². The maximum Gasteiger partial charge on any atom is 0.472 e. The van der Waals surface area contributed by atoms with Crippen LogP contribution in [0.2, 0.25) is 0 Å². The molecule has 0 spiro atoms. The SMILES string of the molecule is CC/C=C/C/C=C/C/C=C/C/C=C/C/C=C/CCCCCC(=O)O[C@H](COC(=O)CCCCC/C=C/C/C=C/C/C=C/C/C=C/CCCCC)COP(=O)(O)OCCN. The fraction of sp³-hybridized carbons (Fsp3) is 0.592. The highest BCUT2D eigenvalue weighted by atomic mass is 31.2.